The van der Waals surface area contributed by atoms with Crippen LogP contribution in [-0.4, -0.2) is 41.6 Å². The molecule has 0 bridgehead atoms. The molecule has 2 atom stereocenters. The Labute approximate surface area is 167 Å². The van der Waals surface area contributed by atoms with Crippen LogP contribution in [0, 0.1) is 5.82 Å². The quantitative estimate of drug-likeness (QED) is 0.620. The van der Waals surface area contributed by atoms with E-state index in [0.717, 1.165) is 31.3 Å². The van der Waals surface area contributed by atoms with Crippen LogP contribution in [0.5, 0.6) is 0 Å². The predicted octanol–water partition coefficient (Wildman–Crippen LogP) is 3.86. The number of alkyl halides is 4. The first-order valence-electron chi connectivity index (χ1n) is 8.38. The topological polar surface area (TPSA) is 88.3 Å². The molecule has 1 aliphatic heterocycles. The molecular weight excluding hydrogens is 421 g/mol. The average Bonchev–Trinajstić information content (AvgIpc) is 3.01. The number of hydrogen-bond acceptors (Lipinski definition) is 5. The zero-order valence-electron chi connectivity index (χ0n) is 15.0. The SMILES string of the molecule is CC1(c2cc(NC(c3[nH]ncc3Cl)C(F)F)ccc2F)N=C(N)COCC1(F)F. The van der Waals surface area contributed by atoms with E-state index in [1.54, 1.807) is 0 Å². The maximum atomic E-state index is 14.7. The van der Waals surface area contributed by atoms with Crippen LogP contribution >= 0.6 is 11.6 Å². The summed E-state index contributed by atoms with van der Waals surface area (Å²) in [5, 5.41) is 8.37. The second kappa shape index (κ2) is 7.79. The van der Waals surface area contributed by atoms with E-state index in [0.29, 0.717) is 0 Å². The fourth-order valence-electron chi connectivity index (χ4n) is 3.01. The van der Waals surface area contributed by atoms with Crippen molar-refractivity contribution in [1.29, 1.82) is 0 Å². The summed E-state index contributed by atoms with van der Waals surface area (Å²) in [5.74, 6) is -4.84. The number of amidine groups is 1. The van der Waals surface area contributed by atoms with Crippen LogP contribution in [0.3, 0.4) is 0 Å². The van der Waals surface area contributed by atoms with Crippen LogP contribution in [0.25, 0.3) is 0 Å². The number of ether oxygens (including phenoxy) is 1. The number of aliphatic imine (C=N–C) groups is 1. The van der Waals surface area contributed by atoms with Gasteiger partial charge in [-0.2, -0.15) is 5.10 Å². The van der Waals surface area contributed by atoms with Crippen molar-refractivity contribution in [3.8, 4) is 0 Å². The highest BCUT2D eigenvalue weighted by molar-refractivity contribution is 6.31. The van der Waals surface area contributed by atoms with Gasteiger partial charge in [0.2, 0.25) is 0 Å². The van der Waals surface area contributed by atoms with Gasteiger partial charge in [-0.15, -0.1) is 0 Å². The first-order valence-corrected chi connectivity index (χ1v) is 8.76. The Bertz CT molecular complexity index is 921. The summed E-state index contributed by atoms with van der Waals surface area (Å²) in [6.45, 7) is -0.363. The molecule has 29 heavy (non-hydrogen) atoms. The normalized spacial score (nSPS) is 22.8. The third-order valence-corrected chi connectivity index (χ3v) is 4.91. The van der Waals surface area contributed by atoms with Crippen molar-refractivity contribution >= 4 is 23.1 Å². The first-order chi connectivity index (χ1) is 13.5. The number of rotatable bonds is 5. The van der Waals surface area contributed by atoms with Gasteiger partial charge in [-0.3, -0.25) is 10.1 Å². The second-order valence-electron chi connectivity index (χ2n) is 6.66. The van der Waals surface area contributed by atoms with Crippen LogP contribution in [0.1, 0.15) is 24.2 Å². The summed E-state index contributed by atoms with van der Waals surface area (Å²) < 4.78 is 75.9. The summed E-state index contributed by atoms with van der Waals surface area (Å²) in [6.07, 6.45) is -1.78. The number of hydrogen-bond donors (Lipinski definition) is 3. The molecule has 3 rings (SSSR count). The molecule has 1 aromatic heterocycles. The number of nitrogens with one attached hydrogen (secondary N) is 2. The number of aromatic amines is 1. The van der Waals surface area contributed by atoms with Crippen molar-refractivity contribution in [2.75, 3.05) is 18.5 Å². The van der Waals surface area contributed by atoms with E-state index in [4.69, 9.17) is 22.1 Å². The fourth-order valence-corrected chi connectivity index (χ4v) is 3.22. The van der Waals surface area contributed by atoms with Crippen LogP contribution in [0.15, 0.2) is 29.4 Å². The lowest BCUT2D eigenvalue weighted by Gasteiger charge is -2.33. The van der Waals surface area contributed by atoms with Crippen molar-refractivity contribution in [1.82, 2.24) is 10.2 Å². The third-order valence-electron chi connectivity index (χ3n) is 4.61. The van der Waals surface area contributed by atoms with E-state index in [2.05, 4.69) is 20.5 Å². The lowest BCUT2D eigenvalue weighted by Crippen LogP contribution is -2.45. The van der Waals surface area contributed by atoms with Crippen molar-refractivity contribution in [2.45, 2.75) is 30.9 Å². The Morgan fingerprint density at radius 1 is 1.34 bits per heavy atom. The largest absolute Gasteiger partial charge is 0.385 e. The fraction of sp³-hybridized carbons (Fsp3) is 0.412. The summed E-state index contributed by atoms with van der Waals surface area (Å²) in [4.78, 5) is 3.78. The molecule has 2 unspecified atom stereocenters. The highest BCUT2D eigenvalue weighted by Gasteiger charge is 2.54. The molecule has 4 N–H and O–H groups in total. The molecule has 0 saturated carbocycles. The molecular formula is C17H17ClF5N5O. The van der Waals surface area contributed by atoms with Gasteiger partial charge in [-0.1, -0.05) is 11.6 Å². The molecule has 0 amide bonds. The maximum Gasteiger partial charge on any atom is 0.299 e. The number of benzene rings is 1. The number of anilines is 1. The van der Waals surface area contributed by atoms with Crippen LogP contribution < -0.4 is 11.1 Å². The molecule has 0 saturated heterocycles. The minimum absolute atomic E-state index is 0.0399. The minimum atomic E-state index is -3.61. The Balaban J connectivity index is 2.04. The average molecular weight is 438 g/mol. The Kier molecular flexibility index (Phi) is 5.72. The number of aromatic nitrogens is 2. The van der Waals surface area contributed by atoms with Crippen molar-refractivity contribution in [3.63, 3.8) is 0 Å². The molecule has 2 heterocycles. The van der Waals surface area contributed by atoms with E-state index in [1.165, 1.54) is 0 Å². The third kappa shape index (κ3) is 4.01. The van der Waals surface area contributed by atoms with Crippen LogP contribution in [0.2, 0.25) is 5.02 Å². The van der Waals surface area contributed by atoms with Crippen molar-refractivity contribution in [2.24, 2.45) is 10.7 Å². The zero-order valence-corrected chi connectivity index (χ0v) is 15.8. The molecule has 0 aliphatic carbocycles. The Morgan fingerprint density at radius 3 is 2.69 bits per heavy atom. The van der Waals surface area contributed by atoms with E-state index in [1.807, 2.05) is 0 Å². The first kappa shape index (κ1) is 21.3. The molecule has 0 fully saturated rings. The molecule has 158 valence electrons. The second-order valence-corrected chi connectivity index (χ2v) is 7.06. The van der Waals surface area contributed by atoms with E-state index in [-0.39, 0.29) is 28.8 Å². The van der Waals surface area contributed by atoms with Gasteiger partial charge in [0.15, 0.2) is 5.54 Å². The van der Waals surface area contributed by atoms with Gasteiger partial charge in [-0.25, -0.2) is 22.0 Å². The van der Waals surface area contributed by atoms with E-state index < -0.39 is 41.9 Å². The van der Waals surface area contributed by atoms with E-state index >= 15 is 0 Å². The van der Waals surface area contributed by atoms with Crippen molar-refractivity contribution in [3.05, 3.63) is 46.5 Å². The highest BCUT2D eigenvalue weighted by Crippen LogP contribution is 2.44. The number of nitrogens with zero attached hydrogens (tertiary/aromatic N) is 2. The van der Waals surface area contributed by atoms with Crippen LogP contribution in [0.4, 0.5) is 27.6 Å². The molecule has 6 nitrogen and oxygen atoms in total. The highest BCUT2D eigenvalue weighted by atomic mass is 35.5. The lowest BCUT2D eigenvalue weighted by atomic mass is 9.85. The van der Waals surface area contributed by atoms with Gasteiger partial charge in [0.25, 0.3) is 12.3 Å². The standard InChI is InChI=1S/C17H17ClF5N5O/c1-16(17(22,23)7-29-6-12(24)27-16)9-4-8(2-3-11(9)19)26-14(15(20)21)13-10(18)5-25-28-13/h2-5,14-15,26H,6-7H2,1H3,(H2,24,27)(H,25,28). The van der Waals surface area contributed by atoms with Gasteiger partial charge in [0, 0.05) is 11.3 Å². The number of H-pyrrole nitrogens is 1. The summed E-state index contributed by atoms with van der Waals surface area (Å²) in [7, 11) is 0. The van der Waals surface area contributed by atoms with Gasteiger partial charge in [0.1, 0.15) is 30.9 Å². The Hall–Kier alpha value is -2.40. The van der Waals surface area contributed by atoms with Gasteiger partial charge in [-0.05, 0) is 25.1 Å². The van der Waals surface area contributed by atoms with Gasteiger partial charge < -0.3 is 15.8 Å². The summed E-state index contributed by atoms with van der Waals surface area (Å²) in [5.41, 5.74) is 2.51. The number of nitrogens with two attached hydrogens (primary N) is 1. The molecule has 12 heteroatoms. The predicted molar refractivity (Wildman–Crippen MR) is 97.1 cm³/mol. The maximum absolute atomic E-state index is 14.7. The van der Waals surface area contributed by atoms with Crippen molar-refractivity contribution < 1.29 is 26.7 Å². The lowest BCUT2D eigenvalue weighted by molar-refractivity contribution is -0.116. The number of halogens is 6. The summed E-state index contributed by atoms with van der Waals surface area (Å²) in [6, 6.07) is 1.38. The molecule has 0 radical (unpaired) electrons. The zero-order chi connectivity index (χ0) is 21.4. The molecule has 1 aromatic carbocycles. The summed E-state index contributed by atoms with van der Waals surface area (Å²) >= 11 is 5.84. The molecule has 2 aromatic rings. The molecule has 1 aliphatic rings. The van der Waals surface area contributed by atoms with Gasteiger partial charge in [0.05, 0.1) is 16.9 Å². The minimum Gasteiger partial charge on any atom is -0.385 e. The van der Waals surface area contributed by atoms with Gasteiger partial charge >= 0.3 is 0 Å². The molecule has 0 spiro atoms. The smallest absolute Gasteiger partial charge is 0.299 e. The van der Waals surface area contributed by atoms with Crippen LogP contribution in [-0.2, 0) is 10.3 Å². The monoisotopic (exact) mass is 437 g/mol. The Morgan fingerprint density at radius 2 is 2.07 bits per heavy atom. The van der Waals surface area contributed by atoms with E-state index in [9.17, 15) is 22.0 Å².